The molecule has 0 bridgehead atoms. The van der Waals surface area contributed by atoms with Crippen LogP contribution in [0.15, 0.2) is 0 Å². The zero-order chi connectivity index (χ0) is 14.4. The molecule has 2 atom stereocenters. The van der Waals surface area contributed by atoms with Crippen LogP contribution in [0.2, 0.25) is 0 Å². The van der Waals surface area contributed by atoms with Gasteiger partial charge >= 0.3 is 0 Å². The number of nitrogens with one attached hydrogen (secondary N) is 2. The Hall–Kier alpha value is -0.570. The van der Waals surface area contributed by atoms with E-state index in [4.69, 9.17) is 0 Å². The van der Waals surface area contributed by atoms with Crippen LogP contribution < -0.4 is 10.6 Å². The van der Waals surface area contributed by atoms with Gasteiger partial charge in [0.2, 0.25) is 5.91 Å². The van der Waals surface area contributed by atoms with Gasteiger partial charge in [-0.25, -0.2) is 0 Å². The minimum atomic E-state index is -0.0612. The molecule has 3 nitrogen and oxygen atoms in total. The summed E-state index contributed by atoms with van der Waals surface area (Å²) in [6.45, 7) is 4.27. The lowest BCUT2D eigenvalue weighted by Crippen LogP contribution is -2.49. The molecule has 1 amide bonds. The van der Waals surface area contributed by atoms with E-state index in [1.54, 1.807) is 0 Å². The molecule has 2 N–H and O–H groups in total. The van der Waals surface area contributed by atoms with Crippen molar-refractivity contribution in [2.45, 2.75) is 96.2 Å². The summed E-state index contributed by atoms with van der Waals surface area (Å²) in [5.41, 5.74) is 0. The zero-order valence-corrected chi connectivity index (χ0v) is 13.3. The molecule has 0 radical (unpaired) electrons. The maximum absolute atomic E-state index is 12.2. The summed E-state index contributed by atoms with van der Waals surface area (Å²) >= 11 is 0. The molecule has 0 aromatic carbocycles. The van der Waals surface area contributed by atoms with Crippen LogP contribution in [0.25, 0.3) is 0 Å². The van der Waals surface area contributed by atoms with Crippen LogP contribution in [0.4, 0.5) is 0 Å². The summed E-state index contributed by atoms with van der Waals surface area (Å²) in [5, 5.41) is 6.74. The number of amides is 1. The fourth-order valence-corrected chi connectivity index (χ4v) is 3.81. The van der Waals surface area contributed by atoms with Crippen LogP contribution >= 0.6 is 0 Å². The van der Waals surface area contributed by atoms with Crippen LogP contribution in [-0.4, -0.2) is 24.0 Å². The van der Waals surface area contributed by atoms with Crippen LogP contribution in [0.5, 0.6) is 0 Å². The Morgan fingerprint density at radius 3 is 2.05 bits per heavy atom. The molecule has 1 unspecified atom stereocenters. The van der Waals surface area contributed by atoms with Crippen LogP contribution in [-0.2, 0) is 4.79 Å². The molecule has 0 aliphatic heterocycles. The molecule has 2 fully saturated rings. The summed E-state index contributed by atoms with van der Waals surface area (Å²) in [6, 6.07) is 0.825. The van der Waals surface area contributed by atoms with E-state index < -0.39 is 0 Å². The van der Waals surface area contributed by atoms with E-state index >= 15 is 0 Å². The Morgan fingerprint density at radius 2 is 1.45 bits per heavy atom. The maximum atomic E-state index is 12.2. The molecule has 2 aliphatic carbocycles. The van der Waals surface area contributed by atoms with Gasteiger partial charge in [0.25, 0.3) is 0 Å². The van der Waals surface area contributed by atoms with Crippen molar-refractivity contribution in [3.8, 4) is 0 Å². The molecule has 2 rings (SSSR count). The topological polar surface area (TPSA) is 41.1 Å². The van der Waals surface area contributed by atoms with Gasteiger partial charge in [0, 0.05) is 12.1 Å². The first-order valence-electron chi connectivity index (χ1n) is 8.73. The normalized spacial score (nSPS) is 25.1. The fourth-order valence-electron chi connectivity index (χ4n) is 3.81. The largest absolute Gasteiger partial charge is 0.352 e. The van der Waals surface area contributed by atoms with E-state index in [1.165, 1.54) is 51.4 Å². The third-order valence-electron chi connectivity index (χ3n) is 5.21. The average Bonchev–Trinajstić information content (AvgIpc) is 2.78. The highest BCUT2D eigenvalue weighted by molar-refractivity contribution is 5.81. The lowest BCUT2D eigenvalue weighted by Gasteiger charge is -2.27. The van der Waals surface area contributed by atoms with Gasteiger partial charge in [-0.1, -0.05) is 38.5 Å². The standard InChI is InChI=1S/C17H32N2O/c1-13(15-9-5-3-4-6-10-15)18-14(2)17(20)19-16-11-7-8-12-16/h13-16,18H,3-12H2,1-2H3,(H,19,20)/t13-,14?/m0/s1. The highest BCUT2D eigenvalue weighted by Crippen LogP contribution is 2.25. The molecule has 0 saturated heterocycles. The summed E-state index contributed by atoms with van der Waals surface area (Å²) < 4.78 is 0. The predicted molar refractivity (Wildman–Crippen MR) is 83.7 cm³/mol. The average molecular weight is 280 g/mol. The van der Waals surface area contributed by atoms with E-state index in [1.807, 2.05) is 6.92 Å². The number of carbonyl (C=O) groups is 1. The molecule has 0 aromatic rings. The smallest absolute Gasteiger partial charge is 0.237 e. The lowest BCUT2D eigenvalue weighted by molar-refractivity contribution is -0.123. The first-order valence-corrected chi connectivity index (χ1v) is 8.73. The van der Waals surface area contributed by atoms with Gasteiger partial charge in [0.1, 0.15) is 0 Å². The van der Waals surface area contributed by atoms with Crippen LogP contribution in [0, 0.1) is 5.92 Å². The molecule has 20 heavy (non-hydrogen) atoms. The Labute approximate surface area is 124 Å². The van der Waals surface area contributed by atoms with Crippen molar-refractivity contribution in [1.82, 2.24) is 10.6 Å². The van der Waals surface area contributed by atoms with Gasteiger partial charge in [-0.2, -0.15) is 0 Å². The maximum Gasteiger partial charge on any atom is 0.237 e. The molecular weight excluding hydrogens is 248 g/mol. The summed E-state index contributed by atoms with van der Waals surface area (Å²) in [5.74, 6) is 0.941. The van der Waals surface area contributed by atoms with E-state index in [0.29, 0.717) is 12.1 Å². The lowest BCUT2D eigenvalue weighted by atomic mass is 9.92. The van der Waals surface area contributed by atoms with Gasteiger partial charge < -0.3 is 10.6 Å². The Bertz CT molecular complexity index is 291. The first-order chi connectivity index (χ1) is 9.66. The molecule has 2 saturated carbocycles. The second-order valence-electron chi connectivity index (χ2n) is 6.92. The minimum Gasteiger partial charge on any atom is -0.352 e. The molecular formula is C17H32N2O. The summed E-state index contributed by atoms with van der Waals surface area (Å²) in [6.07, 6.45) is 13.0. The zero-order valence-electron chi connectivity index (χ0n) is 13.3. The molecule has 0 aromatic heterocycles. The van der Waals surface area contributed by atoms with E-state index in [0.717, 1.165) is 18.8 Å². The Balaban J connectivity index is 1.73. The number of hydrogen-bond acceptors (Lipinski definition) is 2. The number of carbonyl (C=O) groups excluding carboxylic acids is 1. The quantitative estimate of drug-likeness (QED) is 0.758. The van der Waals surface area contributed by atoms with E-state index in [2.05, 4.69) is 17.6 Å². The van der Waals surface area contributed by atoms with Gasteiger partial charge in [-0.3, -0.25) is 4.79 Å². The second-order valence-corrected chi connectivity index (χ2v) is 6.92. The van der Waals surface area contributed by atoms with E-state index in [-0.39, 0.29) is 11.9 Å². The highest BCUT2D eigenvalue weighted by atomic mass is 16.2. The minimum absolute atomic E-state index is 0.0612. The molecule has 116 valence electrons. The van der Waals surface area contributed by atoms with Crippen molar-refractivity contribution in [2.24, 2.45) is 5.92 Å². The highest BCUT2D eigenvalue weighted by Gasteiger charge is 2.24. The monoisotopic (exact) mass is 280 g/mol. The molecule has 2 aliphatic rings. The third-order valence-corrected chi connectivity index (χ3v) is 5.21. The SMILES string of the molecule is CC(N[C@@H](C)C1CCCCCC1)C(=O)NC1CCCC1. The van der Waals surface area contributed by atoms with Gasteiger partial charge in [0.05, 0.1) is 6.04 Å². The van der Waals surface area contributed by atoms with Crippen LogP contribution in [0.1, 0.15) is 78.1 Å². The fraction of sp³-hybridized carbons (Fsp3) is 0.941. The summed E-state index contributed by atoms with van der Waals surface area (Å²) in [7, 11) is 0. The third kappa shape index (κ3) is 4.76. The van der Waals surface area contributed by atoms with Gasteiger partial charge in [-0.05, 0) is 45.4 Å². The molecule has 0 spiro atoms. The van der Waals surface area contributed by atoms with Crippen molar-refractivity contribution < 1.29 is 4.79 Å². The van der Waals surface area contributed by atoms with Crippen molar-refractivity contribution in [3.05, 3.63) is 0 Å². The number of hydrogen-bond donors (Lipinski definition) is 2. The molecule has 0 heterocycles. The van der Waals surface area contributed by atoms with Crippen LogP contribution in [0.3, 0.4) is 0 Å². The van der Waals surface area contributed by atoms with E-state index in [9.17, 15) is 4.79 Å². The predicted octanol–water partition coefficient (Wildman–Crippen LogP) is 3.38. The van der Waals surface area contributed by atoms with Gasteiger partial charge in [0.15, 0.2) is 0 Å². The van der Waals surface area contributed by atoms with Crippen molar-refractivity contribution in [2.75, 3.05) is 0 Å². The summed E-state index contributed by atoms with van der Waals surface area (Å²) in [4.78, 5) is 12.2. The van der Waals surface area contributed by atoms with Crippen molar-refractivity contribution in [1.29, 1.82) is 0 Å². The second kappa shape index (κ2) is 8.02. The van der Waals surface area contributed by atoms with Gasteiger partial charge in [-0.15, -0.1) is 0 Å². The first kappa shape index (κ1) is 15.8. The Morgan fingerprint density at radius 1 is 0.900 bits per heavy atom. The number of rotatable bonds is 5. The molecule has 3 heteroatoms. The van der Waals surface area contributed by atoms with Crippen molar-refractivity contribution in [3.63, 3.8) is 0 Å². The Kier molecular flexibility index (Phi) is 6.34. The van der Waals surface area contributed by atoms with Crippen molar-refractivity contribution >= 4 is 5.91 Å².